The monoisotopic (exact) mass is 265 g/mol. The minimum absolute atomic E-state index is 0.500. The lowest BCUT2D eigenvalue weighted by atomic mass is 9.86. The molecule has 1 saturated carbocycles. The summed E-state index contributed by atoms with van der Waals surface area (Å²) in [6.07, 6.45) is 5.78. The quantitative estimate of drug-likeness (QED) is 0.765. The van der Waals surface area contributed by atoms with E-state index < -0.39 is 0 Å². The lowest BCUT2D eigenvalue weighted by Crippen LogP contribution is -2.35. The highest BCUT2D eigenvalue weighted by Crippen LogP contribution is 2.34. The number of carbonyl (C=O) groups excluding carboxylic acids is 1. The van der Waals surface area contributed by atoms with Crippen LogP contribution in [-0.2, 0) is 0 Å². The van der Waals surface area contributed by atoms with Crippen LogP contribution in [0.1, 0.15) is 43.0 Å². The van der Waals surface area contributed by atoms with Crippen LogP contribution in [0.2, 0.25) is 5.02 Å². The molecule has 0 saturated heterocycles. The largest absolute Gasteiger partial charge is 0.370 e. The van der Waals surface area contributed by atoms with Crippen LogP contribution >= 0.6 is 11.6 Å². The fraction of sp³-hybridized carbons (Fsp3) is 0.533. The van der Waals surface area contributed by atoms with E-state index in [4.69, 9.17) is 11.6 Å². The highest BCUT2D eigenvalue weighted by atomic mass is 35.5. The predicted molar refractivity (Wildman–Crippen MR) is 76.7 cm³/mol. The van der Waals surface area contributed by atoms with Crippen LogP contribution in [0.25, 0.3) is 0 Å². The Hall–Kier alpha value is -1.02. The zero-order valence-electron chi connectivity index (χ0n) is 11.0. The zero-order chi connectivity index (χ0) is 13.1. The Kier molecular flexibility index (Phi) is 4.28. The molecule has 98 valence electrons. The van der Waals surface area contributed by atoms with Crippen molar-refractivity contribution in [3.8, 4) is 0 Å². The van der Waals surface area contributed by atoms with Crippen molar-refractivity contribution in [3.63, 3.8) is 0 Å². The van der Waals surface area contributed by atoms with E-state index >= 15 is 0 Å². The smallest absolute Gasteiger partial charge is 0.152 e. The molecular weight excluding hydrogens is 246 g/mol. The lowest BCUT2D eigenvalue weighted by Gasteiger charge is -2.36. The summed E-state index contributed by atoms with van der Waals surface area (Å²) >= 11 is 6.25. The molecule has 1 aromatic rings. The minimum Gasteiger partial charge on any atom is -0.370 e. The van der Waals surface area contributed by atoms with Gasteiger partial charge in [0.25, 0.3) is 0 Å². The van der Waals surface area contributed by atoms with Crippen molar-refractivity contribution in [2.75, 3.05) is 11.9 Å². The van der Waals surface area contributed by atoms with Crippen LogP contribution in [0.5, 0.6) is 0 Å². The van der Waals surface area contributed by atoms with E-state index in [0.29, 0.717) is 16.6 Å². The van der Waals surface area contributed by atoms with E-state index in [0.717, 1.165) is 17.9 Å². The topological polar surface area (TPSA) is 20.3 Å². The van der Waals surface area contributed by atoms with Crippen LogP contribution in [0, 0.1) is 5.92 Å². The summed E-state index contributed by atoms with van der Waals surface area (Å²) in [6, 6.07) is 6.01. The number of rotatable bonds is 3. The zero-order valence-corrected chi connectivity index (χ0v) is 11.8. The maximum atomic E-state index is 11.1. The lowest BCUT2D eigenvalue weighted by molar-refractivity contribution is 0.112. The van der Waals surface area contributed by atoms with Crippen LogP contribution in [0.4, 0.5) is 5.69 Å². The van der Waals surface area contributed by atoms with Gasteiger partial charge in [-0.1, -0.05) is 24.6 Å². The molecular formula is C15H20ClNO. The third kappa shape index (κ3) is 2.69. The van der Waals surface area contributed by atoms with Crippen molar-refractivity contribution >= 4 is 23.6 Å². The van der Waals surface area contributed by atoms with Crippen molar-refractivity contribution < 1.29 is 4.79 Å². The summed E-state index contributed by atoms with van der Waals surface area (Å²) in [5.41, 5.74) is 1.57. The second-order valence-electron chi connectivity index (χ2n) is 5.32. The number of benzene rings is 1. The standard InChI is InChI=1S/C15H20ClNO/c1-11-6-8-13(9-7-11)17(2)15-12(10-18)4-3-5-14(15)16/h3-5,10-11,13H,6-9H2,1-2H3. The van der Waals surface area contributed by atoms with Gasteiger partial charge in [0.15, 0.2) is 6.29 Å². The Morgan fingerprint density at radius 3 is 2.56 bits per heavy atom. The van der Waals surface area contributed by atoms with Crippen LogP contribution in [0.15, 0.2) is 18.2 Å². The second kappa shape index (κ2) is 5.75. The number of hydrogen-bond donors (Lipinski definition) is 0. The number of anilines is 1. The molecule has 0 amide bonds. The first-order valence-electron chi connectivity index (χ1n) is 6.60. The molecule has 2 rings (SSSR count). The third-order valence-corrected chi connectivity index (χ3v) is 4.34. The van der Waals surface area contributed by atoms with Gasteiger partial charge in [0.05, 0.1) is 10.7 Å². The fourth-order valence-electron chi connectivity index (χ4n) is 2.81. The van der Waals surface area contributed by atoms with E-state index in [2.05, 4.69) is 18.9 Å². The molecule has 18 heavy (non-hydrogen) atoms. The van der Waals surface area contributed by atoms with Crippen molar-refractivity contribution in [2.45, 2.75) is 38.6 Å². The van der Waals surface area contributed by atoms with Gasteiger partial charge in [0.2, 0.25) is 0 Å². The average Bonchev–Trinajstić information content (AvgIpc) is 2.38. The van der Waals surface area contributed by atoms with E-state index in [9.17, 15) is 4.79 Å². The number of para-hydroxylation sites is 1. The highest BCUT2D eigenvalue weighted by molar-refractivity contribution is 6.33. The summed E-state index contributed by atoms with van der Waals surface area (Å²) < 4.78 is 0. The van der Waals surface area contributed by atoms with Gasteiger partial charge >= 0.3 is 0 Å². The van der Waals surface area contributed by atoms with Crippen molar-refractivity contribution in [2.24, 2.45) is 5.92 Å². The molecule has 1 aliphatic carbocycles. The first kappa shape index (κ1) is 13.4. The SMILES string of the molecule is CC1CCC(N(C)c2c(Cl)cccc2C=O)CC1. The first-order valence-corrected chi connectivity index (χ1v) is 6.97. The fourth-order valence-corrected chi connectivity index (χ4v) is 3.13. The third-order valence-electron chi connectivity index (χ3n) is 4.03. The van der Waals surface area contributed by atoms with Gasteiger partial charge in [0, 0.05) is 18.7 Å². The number of halogens is 1. The molecule has 0 atom stereocenters. The Bertz CT molecular complexity index is 425. The van der Waals surface area contributed by atoms with Crippen LogP contribution in [0.3, 0.4) is 0 Å². The summed E-state index contributed by atoms with van der Waals surface area (Å²) in [5, 5.41) is 0.667. The number of carbonyl (C=O) groups is 1. The minimum atomic E-state index is 0.500. The molecule has 1 aromatic carbocycles. The summed E-state index contributed by atoms with van der Waals surface area (Å²) in [7, 11) is 2.05. The van der Waals surface area contributed by atoms with E-state index in [1.165, 1.54) is 25.7 Å². The molecule has 0 aliphatic heterocycles. The van der Waals surface area contributed by atoms with Gasteiger partial charge < -0.3 is 4.90 Å². The Labute approximate surface area is 114 Å². The normalized spacial score (nSPS) is 23.7. The second-order valence-corrected chi connectivity index (χ2v) is 5.73. The molecule has 0 radical (unpaired) electrons. The van der Waals surface area contributed by atoms with E-state index in [1.807, 2.05) is 18.2 Å². The molecule has 2 nitrogen and oxygen atoms in total. The Balaban J connectivity index is 2.23. The summed E-state index contributed by atoms with van der Waals surface area (Å²) in [4.78, 5) is 13.3. The molecule has 3 heteroatoms. The maximum absolute atomic E-state index is 11.1. The summed E-state index contributed by atoms with van der Waals surface area (Å²) in [5.74, 6) is 0.825. The van der Waals surface area contributed by atoms with E-state index in [-0.39, 0.29) is 0 Å². The molecule has 0 unspecified atom stereocenters. The number of hydrogen-bond acceptors (Lipinski definition) is 2. The predicted octanol–water partition coefficient (Wildman–Crippen LogP) is 4.17. The maximum Gasteiger partial charge on any atom is 0.152 e. The van der Waals surface area contributed by atoms with Gasteiger partial charge in [-0.3, -0.25) is 4.79 Å². The molecule has 1 fully saturated rings. The molecule has 0 aromatic heterocycles. The molecule has 1 aliphatic rings. The Morgan fingerprint density at radius 1 is 1.28 bits per heavy atom. The van der Waals surface area contributed by atoms with Crippen molar-refractivity contribution in [1.29, 1.82) is 0 Å². The van der Waals surface area contributed by atoms with Gasteiger partial charge in [0.1, 0.15) is 0 Å². The van der Waals surface area contributed by atoms with Crippen LogP contribution < -0.4 is 4.90 Å². The van der Waals surface area contributed by atoms with Gasteiger partial charge in [-0.25, -0.2) is 0 Å². The van der Waals surface area contributed by atoms with Gasteiger partial charge in [-0.2, -0.15) is 0 Å². The average molecular weight is 266 g/mol. The van der Waals surface area contributed by atoms with Crippen molar-refractivity contribution in [1.82, 2.24) is 0 Å². The Morgan fingerprint density at radius 2 is 1.94 bits per heavy atom. The molecule has 0 bridgehead atoms. The van der Waals surface area contributed by atoms with Gasteiger partial charge in [-0.15, -0.1) is 0 Å². The van der Waals surface area contributed by atoms with Crippen molar-refractivity contribution in [3.05, 3.63) is 28.8 Å². The number of aldehydes is 1. The van der Waals surface area contributed by atoms with Gasteiger partial charge in [-0.05, 0) is 43.7 Å². The number of nitrogens with zero attached hydrogens (tertiary/aromatic N) is 1. The van der Waals surface area contributed by atoms with Crippen LogP contribution in [-0.4, -0.2) is 19.4 Å². The summed E-state index contributed by atoms with van der Waals surface area (Å²) in [6.45, 7) is 2.31. The molecule has 0 N–H and O–H groups in total. The molecule has 0 spiro atoms. The molecule has 0 heterocycles. The highest BCUT2D eigenvalue weighted by Gasteiger charge is 2.24. The first-order chi connectivity index (χ1) is 8.63. The van der Waals surface area contributed by atoms with E-state index in [1.54, 1.807) is 0 Å².